The molecule has 5 nitrogen and oxygen atoms in total. The van der Waals surface area contributed by atoms with E-state index in [1.807, 2.05) is 84.9 Å². The number of likely N-dealkylation sites (N-methyl/N-ethyl adjacent to an activating group) is 1. The van der Waals surface area contributed by atoms with Crippen molar-refractivity contribution in [1.82, 2.24) is 19.7 Å². The molecule has 26 heavy (non-hydrogen) atoms. The number of fused-ring (bicyclic) bond motifs is 1. The minimum atomic E-state index is 0.0854. The molecule has 2 aromatic heterocycles. The Morgan fingerprint density at radius 2 is 1.88 bits per heavy atom. The number of carbonyl (C=O) groups is 1. The lowest BCUT2D eigenvalue weighted by atomic mass is 10.1. The zero-order valence-corrected chi connectivity index (χ0v) is 14.6. The Labute approximate surface area is 151 Å². The zero-order valence-electron chi connectivity index (χ0n) is 14.6. The Hall–Kier alpha value is -3.34. The molecular formula is C21H20N4O. The van der Waals surface area contributed by atoms with Crippen LogP contribution in [0.5, 0.6) is 0 Å². The van der Waals surface area contributed by atoms with Crippen molar-refractivity contribution in [3.05, 3.63) is 84.3 Å². The van der Waals surface area contributed by atoms with E-state index in [2.05, 4.69) is 10.1 Å². The second-order valence-corrected chi connectivity index (χ2v) is 6.41. The SMILES string of the molecule is CN(Cc1cnn(-c2ccccc2)c1)C(=O)Cc1c[nH]c2ccccc12. The minimum absolute atomic E-state index is 0.0854. The van der Waals surface area contributed by atoms with E-state index >= 15 is 0 Å². The van der Waals surface area contributed by atoms with Crippen LogP contribution in [0.15, 0.2) is 73.2 Å². The average molecular weight is 344 g/mol. The van der Waals surface area contributed by atoms with Crippen molar-refractivity contribution in [2.75, 3.05) is 7.05 Å². The fourth-order valence-electron chi connectivity index (χ4n) is 3.10. The van der Waals surface area contributed by atoms with Crippen LogP contribution in [-0.4, -0.2) is 32.6 Å². The number of rotatable bonds is 5. The molecule has 0 aliphatic carbocycles. The molecule has 4 aromatic rings. The van der Waals surface area contributed by atoms with Gasteiger partial charge in [0.25, 0.3) is 0 Å². The van der Waals surface area contributed by atoms with Crippen LogP contribution < -0.4 is 0 Å². The van der Waals surface area contributed by atoms with Gasteiger partial charge in [0.2, 0.25) is 5.91 Å². The number of aromatic amines is 1. The second kappa shape index (κ2) is 6.88. The molecule has 0 spiro atoms. The Kier molecular flexibility index (Phi) is 4.27. The lowest BCUT2D eigenvalue weighted by Gasteiger charge is -2.16. The molecule has 0 aliphatic heterocycles. The molecule has 0 saturated heterocycles. The lowest BCUT2D eigenvalue weighted by molar-refractivity contribution is -0.129. The number of amides is 1. The summed E-state index contributed by atoms with van der Waals surface area (Å²) in [7, 11) is 1.83. The summed E-state index contributed by atoms with van der Waals surface area (Å²) in [6, 6.07) is 18.0. The molecule has 0 fully saturated rings. The standard InChI is InChI=1S/C21H20N4O/c1-24(14-16-12-23-25(15-16)18-7-3-2-4-8-18)21(26)11-17-13-22-20-10-6-5-9-19(17)20/h2-10,12-13,15,22H,11,14H2,1H3. The van der Waals surface area contributed by atoms with Gasteiger partial charge in [-0.25, -0.2) is 4.68 Å². The number of carbonyl (C=O) groups excluding carboxylic acids is 1. The van der Waals surface area contributed by atoms with Gasteiger partial charge in [-0.3, -0.25) is 4.79 Å². The maximum atomic E-state index is 12.6. The largest absolute Gasteiger partial charge is 0.361 e. The quantitative estimate of drug-likeness (QED) is 0.602. The Morgan fingerprint density at radius 3 is 2.73 bits per heavy atom. The summed E-state index contributed by atoms with van der Waals surface area (Å²) in [5.74, 6) is 0.0854. The van der Waals surface area contributed by atoms with Crippen molar-refractivity contribution in [2.45, 2.75) is 13.0 Å². The van der Waals surface area contributed by atoms with E-state index in [0.717, 1.165) is 27.7 Å². The molecular weight excluding hydrogens is 324 g/mol. The molecule has 1 N–H and O–H groups in total. The van der Waals surface area contributed by atoms with E-state index in [1.165, 1.54) is 0 Å². The summed E-state index contributed by atoms with van der Waals surface area (Å²) < 4.78 is 1.83. The molecule has 130 valence electrons. The van der Waals surface area contributed by atoms with Gasteiger partial charge in [0.1, 0.15) is 0 Å². The van der Waals surface area contributed by atoms with Crippen molar-refractivity contribution < 1.29 is 4.79 Å². The van der Waals surface area contributed by atoms with Crippen LogP contribution in [0.1, 0.15) is 11.1 Å². The summed E-state index contributed by atoms with van der Waals surface area (Å²) in [6.07, 6.45) is 6.07. The third-order valence-electron chi connectivity index (χ3n) is 4.52. The third-order valence-corrected chi connectivity index (χ3v) is 4.52. The monoisotopic (exact) mass is 344 g/mol. The first kappa shape index (κ1) is 16.1. The minimum Gasteiger partial charge on any atom is -0.361 e. The highest BCUT2D eigenvalue weighted by Crippen LogP contribution is 2.19. The van der Waals surface area contributed by atoms with E-state index in [0.29, 0.717) is 13.0 Å². The van der Waals surface area contributed by atoms with Crippen molar-refractivity contribution in [1.29, 1.82) is 0 Å². The molecule has 0 radical (unpaired) electrons. The number of H-pyrrole nitrogens is 1. The van der Waals surface area contributed by atoms with Crippen LogP contribution in [0.2, 0.25) is 0 Å². The number of nitrogens with zero attached hydrogens (tertiary/aromatic N) is 3. The van der Waals surface area contributed by atoms with Crippen LogP contribution >= 0.6 is 0 Å². The summed E-state index contributed by atoms with van der Waals surface area (Å²) >= 11 is 0. The molecule has 0 aliphatic rings. The molecule has 0 unspecified atom stereocenters. The number of hydrogen-bond donors (Lipinski definition) is 1. The molecule has 4 rings (SSSR count). The van der Waals surface area contributed by atoms with Crippen molar-refractivity contribution in [3.63, 3.8) is 0 Å². The maximum absolute atomic E-state index is 12.6. The predicted octanol–water partition coefficient (Wildman–Crippen LogP) is 3.55. The summed E-state index contributed by atoms with van der Waals surface area (Å²) in [6.45, 7) is 0.536. The van der Waals surface area contributed by atoms with Crippen LogP contribution in [0.3, 0.4) is 0 Å². The van der Waals surface area contributed by atoms with Crippen molar-refractivity contribution >= 4 is 16.8 Å². The van der Waals surface area contributed by atoms with Gasteiger partial charge in [0, 0.05) is 42.5 Å². The highest BCUT2D eigenvalue weighted by Gasteiger charge is 2.14. The van der Waals surface area contributed by atoms with Gasteiger partial charge in [-0.15, -0.1) is 0 Å². The molecule has 1 amide bonds. The van der Waals surface area contributed by atoms with E-state index < -0.39 is 0 Å². The number of benzene rings is 2. The van der Waals surface area contributed by atoms with Crippen LogP contribution in [0.25, 0.3) is 16.6 Å². The van der Waals surface area contributed by atoms with Crippen molar-refractivity contribution in [2.24, 2.45) is 0 Å². The zero-order chi connectivity index (χ0) is 17.9. The van der Waals surface area contributed by atoms with Gasteiger partial charge in [-0.1, -0.05) is 36.4 Å². The van der Waals surface area contributed by atoms with Gasteiger partial charge in [0.05, 0.1) is 18.3 Å². The van der Waals surface area contributed by atoms with Gasteiger partial charge >= 0.3 is 0 Å². The topological polar surface area (TPSA) is 53.9 Å². The molecule has 5 heteroatoms. The highest BCUT2D eigenvalue weighted by atomic mass is 16.2. The fourth-order valence-corrected chi connectivity index (χ4v) is 3.10. The number of para-hydroxylation sites is 2. The van der Waals surface area contributed by atoms with Crippen LogP contribution in [0, 0.1) is 0 Å². The van der Waals surface area contributed by atoms with Crippen LogP contribution in [0.4, 0.5) is 0 Å². The second-order valence-electron chi connectivity index (χ2n) is 6.41. The smallest absolute Gasteiger partial charge is 0.227 e. The highest BCUT2D eigenvalue weighted by molar-refractivity contribution is 5.88. The number of aromatic nitrogens is 3. The first-order valence-corrected chi connectivity index (χ1v) is 8.58. The predicted molar refractivity (Wildman–Crippen MR) is 102 cm³/mol. The van der Waals surface area contributed by atoms with Gasteiger partial charge < -0.3 is 9.88 Å². The lowest BCUT2D eigenvalue weighted by Crippen LogP contribution is -2.27. The Morgan fingerprint density at radius 1 is 1.12 bits per heavy atom. The summed E-state index contributed by atoms with van der Waals surface area (Å²) in [5.41, 5.74) is 4.09. The van der Waals surface area contributed by atoms with Gasteiger partial charge in [-0.2, -0.15) is 5.10 Å². The maximum Gasteiger partial charge on any atom is 0.227 e. The van der Waals surface area contributed by atoms with E-state index in [-0.39, 0.29) is 5.91 Å². The Bertz CT molecular complexity index is 1030. The first-order valence-electron chi connectivity index (χ1n) is 8.58. The van der Waals surface area contributed by atoms with Crippen LogP contribution in [-0.2, 0) is 17.8 Å². The third kappa shape index (κ3) is 3.24. The number of nitrogens with one attached hydrogen (secondary N) is 1. The fraction of sp³-hybridized carbons (Fsp3) is 0.143. The van der Waals surface area contributed by atoms with E-state index in [4.69, 9.17) is 0 Å². The summed E-state index contributed by atoms with van der Waals surface area (Å²) in [5, 5.41) is 5.49. The average Bonchev–Trinajstić information content (AvgIpc) is 3.30. The van der Waals surface area contributed by atoms with E-state index in [1.54, 1.807) is 4.90 Å². The van der Waals surface area contributed by atoms with Gasteiger partial charge in [0.15, 0.2) is 0 Å². The number of hydrogen-bond acceptors (Lipinski definition) is 2. The molecule has 0 saturated carbocycles. The molecule has 2 aromatic carbocycles. The van der Waals surface area contributed by atoms with Crippen molar-refractivity contribution in [3.8, 4) is 5.69 Å². The van der Waals surface area contributed by atoms with Gasteiger partial charge in [-0.05, 0) is 23.8 Å². The first-order chi connectivity index (χ1) is 12.7. The Balaban J connectivity index is 1.44. The summed E-state index contributed by atoms with van der Waals surface area (Å²) in [4.78, 5) is 17.6. The molecule has 0 atom stereocenters. The molecule has 0 bridgehead atoms. The van der Waals surface area contributed by atoms with E-state index in [9.17, 15) is 4.79 Å². The normalized spacial score (nSPS) is 11.0. The molecule has 2 heterocycles.